The summed E-state index contributed by atoms with van der Waals surface area (Å²) < 4.78 is 43.2. The predicted octanol–water partition coefficient (Wildman–Crippen LogP) is 2.65. The maximum absolute atomic E-state index is 13.0. The fourth-order valence-corrected chi connectivity index (χ4v) is 1.62. The first-order chi connectivity index (χ1) is 8.41. The highest BCUT2D eigenvalue weighted by Gasteiger charge is 2.49. The zero-order valence-electron chi connectivity index (χ0n) is 9.44. The number of methoxy groups -OCH3 is 1. The van der Waals surface area contributed by atoms with Crippen molar-refractivity contribution in [2.24, 2.45) is 5.92 Å². The molecule has 2 atom stereocenters. The highest BCUT2D eigenvalue weighted by Crippen LogP contribution is 2.40. The van der Waals surface area contributed by atoms with Crippen LogP contribution in [0.15, 0.2) is 30.3 Å². The Kier molecular flexibility index (Phi) is 4.32. The molecular formula is C12H10F3NO2. The predicted molar refractivity (Wildman–Crippen MR) is 56.4 cm³/mol. The molecule has 0 saturated carbocycles. The number of carbonyl (C=O) groups is 1. The number of nitrogens with zero attached hydrogens (tertiary/aromatic N) is 1. The third-order valence-electron chi connectivity index (χ3n) is 2.44. The SMILES string of the molecule is COC(=O)C(C#N)C(c1ccccc1)C(F)(F)F. The molecule has 6 heteroatoms. The summed E-state index contributed by atoms with van der Waals surface area (Å²) in [5.41, 5.74) is -0.137. The zero-order chi connectivity index (χ0) is 13.8. The second-order valence-electron chi connectivity index (χ2n) is 3.56. The Balaban J connectivity index is 3.23. The number of nitriles is 1. The molecule has 0 aliphatic carbocycles. The van der Waals surface area contributed by atoms with Crippen LogP contribution < -0.4 is 0 Å². The van der Waals surface area contributed by atoms with E-state index in [0.29, 0.717) is 0 Å². The first-order valence-electron chi connectivity index (χ1n) is 5.01. The van der Waals surface area contributed by atoms with Gasteiger partial charge in [0.15, 0.2) is 5.92 Å². The van der Waals surface area contributed by atoms with Crippen LogP contribution in [0.1, 0.15) is 11.5 Å². The molecule has 18 heavy (non-hydrogen) atoms. The van der Waals surface area contributed by atoms with Gasteiger partial charge in [-0.25, -0.2) is 0 Å². The molecule has 0 fully saturated rings. The van der Waals surface area contributed by atoms with Gasteiger partial charge in [0.25, 0.3) is 0 Å². The average Bonchev–Trinajstić information content (AvgIpc) is 2.34. The van der Waals surface area contributed by atoms with E-state index < -0.39 is 24.0 Å². The van der Waals surface area contributed by atoms with Gasteiger partial charge in [0, 0.05) is 0 Å². The molecule has 0 bridgehead atoms. The van der Waals surface area contributed by atoms with E-state index in [1.54, 1.807) is 6.07 Å². The van der Waals surface area contributed by atoms with Crippen molar-refractivity contribution in [3.63, 3.8) is 0 Å². The molecule has 0 saturated heterocycles. The van der Waals surface area contributed by atoms with E-state index in [1.807, 2.05) is 0 Å². The largest absolute Gasteiger partial charge is 0.468 e. The van der Waals surface area contributed by atoms with Gasteiger partial charge >= 0.3 is 12.1 Å². The molecule has 0 spiro atoms. The van der Waals surface area contributed by atoms with E-state index in [2.05, 4.69) is 4.74 Å². The fourth-order valence-electron chi connectivity index (χ4n) is 1.62. The standard InChI is InChI=1S/C12H10F3NO2/c1-18-11(17)9(7-16)10(12(13,14)15)8-5-3-2-4-6-8/h2-6,9-10H,1H3. The molecule has 1 aromatic rings. The van der Waals surface area contributed by atoms with Crippen molar-refractivity contribution >= 4 is 5.97 Å². The Morgan fingerprint density at radius 2 is 1.89 bits per heavy atom. The second kappa shape index (κ2) is 5.54. The monoisotopic (exact) mass is 257 g/mol. The van der Waals surface area contributed by atoms with Gasteiger partial charge < -0.3 is 4.74 Å². The van der Waals surface area contributed by atoms with Gasteiger partial charge in [-0.2, -0.15) is 18.4 Å². The zero-order valence-corrected chi connectivity index (χ0v) is 9.44. The molecule has 3 nitrogen and oxygen atoms in total. The van der Waals surface area contributed by atoms with E-state index in [1.165, 1.54) is 30.3 Å². The number of carbonyl (C=O) groups excluding carboxylic acids is 1. The van der Waals surface area contributed by atoms with Crippen LogP contribution >= 0.6 is 0 Å². The molecule has 0 radical (unpaired) electrons. The smallest absolute Gasteiger partial charge is 0.397 e. The number of halogens is 3. The van der Waals surface area contributed by atoms with E-state index >= 15 is 0 Å². The lowest BCUT2D eigenvalue weighted by molar-refractivity contribution is -0.172. The molecular weight excluding hydrogens is 247 g/mol. The van der Waals surface area contributed by atoms with Crippen LogP contribution in [0.4, 0.5) is 13.2 Å². The molecule has 0 aliphatic heterocycles. The first-order valence-corrected chi connectivity index (χ1v) is 5.01. The lowest BCUT2D eigenvalue weighted by Gasteiger charge is -2.23. The van der Waals surface area contributed by atoms with Crippen molar-refractivity contribution in [2.75, 3.05) is 7.11 Å². The summed E-state index contributed by atoms with van der Waals surface area (Å²) in [5.74, 6) is -5.28. The lowest BCUT2D eigenvalue weighted by atomic mass is 9.86. The van der Waals surface area contributed by atoms with Crippen LogP contribution in [-0.2, 0) is 9.53 Å². The van der Waals surface area contributed by atoms with Crippen molar-refractivity contribution < 1.29 is 22.7 Å². The third kappa shape index (κ3) is 3.00. The summed E-state index contributed by atoms with van der Waals surface area (Å²) >= 11 is 0. The van der Waals surface area contributed by atoms with Gasteiger partial charge in [-0.3, -0.25) is 4.79 Å². The van der Waals surface area contributed by atoms with Crippen molar-refractivity contribution in [3.05, 3.63) is 35.9 Å². The molecule has 0 aliphatic rings. The molecule has 1 aromatic carbocycles. The summed E-state index contributed by atoms with van der Waals surface area (Å²) in [5, 5.41) is 8.77. The van der Waals surface area contributed by atoms with Crippen molar-refractivity contribution in [1.29, 1.82) is 5.26 Å². The average molecular weight is 257 g/mol. The van der Waals surface area contributed by atoms with Crippen LogP contribution in [0.2, 0.25) is 0 Å². The second-order valence-corrected chi connectivity index (χ2v) is 3.56. The van der Waals surface area contributed by atoms with Crippen molar-refractivity contribution in [1.82, 2.24) is 0 Å². The van der Waals surface area contributed by atoms with E-state index in [0.717, 1.165) is 7.11 Å². The number of alkyl halides is 3. The van der Waals surface area contributed by atoms with Crippen LogP contribution in [-0.4, -0.2) is 19.3 Å². The Morgan fingerprint density at radius 3 is 2.28 bits per heavy atom. The quantitative estimate of drug-likeness (QED) is 0.782. The van der Waals surface area contributed by atoms with Gasteiger partial charge in [0.05, 0.1) is 13.2 Å². The fraction of sp³-hybridized carbons (Fsp3) is 0.333. The van der Waals surface area contributed by atoms with Crippen LogP contribution in [0.25, 0.3) is 0 Å². The van der Waals surface area contributed by atoms with Crippen LogP contribution in [0, 0.1) is 17.2 Å². The number of hydrogen-bond acceptors (Lipinski definition) is 3. The molecule has 0 N–H and O–H groups in total. The third-order valence-corrected chi connectivity index (χ3v) is 2.44. The summed E-state index contributed by atoms with van der Waals surface area (Å²) in [7, 11) is 0.950. The minimum Gasteiger partial charge on any atom is -0.468 e. The molecule has 2 unspecified atom stereocenters. The van der Waals surface area contributed by atoms with Gasteiger partial charge in [0.1, 0.15) is 5.92 Å². The summed E-state index contributed by atoms with van der Waals surface area (Å²) in [6.07, 6.45) is -4.70. The first kappa shape index (κ1) is 14.0. The normalized spacial score (nSPS) is 14.4. The van der Waals surface area contributed by atoms with Crippen LogP contribution in [0.3, 0.4) is 0 Å². The summed E-state index contributed by atoms with van der Waals surface area (Å²) in [6.45, 7) is 0. The molecule has 1 rings (SSSR count). The van der Waals surface area contributed by atoms with Gasteiger partial charge in [-0.1, -0.05) is 30.3 Å². The molecule has 0 aromatic heterocycles. The number of benzene rings is 1. The van der Waals surface area contributed by atoms with Crippen molar-refractivity contribution in [3.8, 4) is 6.07 Å². The number of esters is 1. The summed E-state index contributed by atoms with van der Waals surface area (Å²) in [6, 6.07) is 8.20. The van der Waals surface area contributed by atoms with Crippen molar-refractivity contribution in [2.45, 2.75) is 12.1 Å². The highest BCUT2D eigenvalue weighted by atomic mass is 19.4. The van der Waals surface area contributed by atoms with Gasteiger partial charge in [-0.15, -0.1) is 0 Å². The Hall–Kier alpha value is -2.03. The number of rotatable bonds is 3. The Labute approximate surface area is 102 Å². The maximum atomic E-state index is 13.0. The van der Waals surface area contributed by atoms with E-state index in [-0.39, 0.29) is 5.56 Å². The number of ether oxygens (including phenoxy) is 1. The highest BCUT2D eigenvalue weighted by molar-refractivity contribution is 5.76. The molecule has 0 amide bonds. The van der Waals surface area contributed by atoms with E-state index in [4.69, 9.17) is 5.26 Å². The number of hydrogen-bond donors (Lipinski definition) is 0. The van der Waals surface area contributed by atoms with Gasteiger partial charge in [-0.05, 0) is 5.56 Å². The lowest BCUT2D eigenvalue weighted by Crippen LogP contribution is -2.33. The van der Waals surface area contributed by atoms with Crippen LogP contribution in [0.5, 0.6) is 0 Å². The topological polar surface area (TPSA) is 50.1 Å². The Morgan fingerprint density at radius 1 is 1.33 bits per heavy atom. The maximum Gasteiger partial charge on any atom is 0.397 e. The Bertz CT molecular complexity index is 451. The van der Waals surface area contributed by atoms with Gasteiger partial charge in [0.2, 0.25) is 0 Å². The van der Waals surface area contributed by atoms with E-state index in [9.17, 15) is 18.0 Å². The minimum atomic E-state index is -4.70. The molecule has 96 valence electrons. The minimum absolute atomic E-state index is 0.137. The molecule has 0 heterocycles. The summed E-state index contributed by atoms with van der Waals surface area (Å²) in [4.78, 5) is 11.3.